The molecule has 3 rings (SSSR count). The van der Waals surface area contributed by atoms with Crippen LogP contribution in [0, 0.1) is 0 Å². The van der Waals surface area contributed by atoms with Crippen molar-refractivity contribution < 1.29 is 13.9 Å². The molecular formula is C21H20N2O3. The number of benzene rings is 2. The molecular weight excluding hydrogens is 328 g/mol. The van der Waals surface area contributed by atoms with Crippen LogP contribution in [-0.4, -0.2) is 18.2 Å². The summed E-state index contributed by atoms with van der Waals surface area (Å²) in [5.41, 5.74) is 5.28. The molecule has 0 radical (unpaired) electrons. The second-order valence-electron chi connectivity index (χ2n) is 5.77. The molecule has 0 spiro atoms. The highest BCUT2D eigenvalue weighted by molar-refractivity contribution is 5.96. The van der Waals surface area contributed by atoms with E-state index in [4.69, 9.17) is 9.15 Å². The van der Waals surface area contributed by atoms with Crippen molar-refractivity contribution in [3.8, 4) is 5.75 Å². The number of nitrogens with zero attached hydrogens (tertiary/aromatic N) is 1. The maximum Gasteiger partial charge on any atom is 0.277 e. The second-order valence-corrected chi connectivity index (χ2v) is 5.77. The number of rotatable bonds is 7. The van der Waals surface area contributed by atoms with Crippen LogP contribution in [0.1, 0.15) is 23.8 Å². The van der Waals surface area contributed by atoms with Gasteiger partial charge in [0.25, 0.3) is 5.91 Å². The van der Waals surface area contributed by atoms with Gasteiger partial charge in [-0.3, -0.25) is 4.79 Å². The van der Waals surface area contributed by atoms with Crippen LogP contribution < -0.4 is 10.2 Å². The van der Waals surface area contributed by atoms with E-state index in [1.807, 2.05) is 42.5 Å². The molecule has 5 nitrogen and oxygen atoms in total. The number of hydrogen-bond acceptors (Lipinski definition) is 4. The van der Waals surface area contributed by atoms with Crippen molar-refractivity contribution >= 4 is 11.6 Å². The molecule has 0 unspecified atom stereocenters. The largest absolute Gasteiger partial charge is 0.483 e. The van der Waals surface area contributed by atoms with Gasteiger partial charge in [-0.15, -0.1) is 0 Å². The van der Waals surface area contributed by atoms with Crippen molar-refractivity contribution in [2.75, 3.05) is 6.61 Å². The van der Waals surface area contributed by atoms with Crippen molar-refractivity contribution in [2.24, 2.45) is 5.10 Å². The Morgan fingerprint density at radius 1 is 1.04 bits per heavy atom. The number of carbonyl (C=O) groups is 1. The summed E-state index contributed by atoms with van der Waals surface area (Å²) in [6.45, 7) is 1.65. The van der Waals surface area contributed by atoms with Gasteiger partial charge in [0.1, 0.15) is 17.2 Å². The Kier molecular flexibility index (Phi) is 5.83. The number of furan rings is 1. The molecule has 132 valence electrons. The first-order chi connectivity index (χ1) is 12.7. The van der Waals surface area contributed by atoms with Crippen LogP contribution in [-0.2, 0) is 11.2 Å². The maximum absolute atomic E-state index is 12.0. The summed E-state index contributed by atoms with van der Waals surface area (Å²) in [5.74, 6) is 0.975. The van der Waals surface area contributed by atoms with Gasteiger partial charge in [0.05, 0.1) is 6.26 Å². The quantitative estimate of drug-likeness (QED) is 0.522. The van der Waals surface area contributed by atoms with Crippen LogP contribution in [0.25, 0.3) is 0 Å². The summed E-state index contributed by atoms with van der Waals surface area (Å²) >= 11 is 0. The molecule has 26 heavy (non-hydrogen) atoms. The number of nitrogens with one attached hydrogen (secondary N) is 1. The van der Waals surface area contributed by atoms with E-state index in [1.54, 1.807) is 25.3 Å². The topological polar surface area (TPSA) is 63.8 Å². The molecule has 1 heterocycles. The molecule has 0 aliphatic heterocycles. The summed E-state index contributed by atoms with van der Waals surface area (Å²) in [7, 11) is 0. The molecule has 0 saturated heterocycles. The van der Waals surface area contributed by atoms with Crippen LogP contribution in [0.2, 0.25) is 0 Å². The lowest BCUT2D eigenvalue weighted by Crippen LogP contribution is -2.25. The molecule has 3 aromatic rings. The maximum atomic E-state index is 12.0. The average Bonchev–Trinajstić information content (AvgIpc) is 3.21. The Morgan fingerprint density at radius 2 is 1.81 bits per heavy atom. The number of amides is 1. The van der Waals surface area contributed by atoms with E-state index >= 15 is 0 Å². The summed E-state index contributed by atoms with van der Waals surface area (Å²) < 4.78 is 10.9. The van der Waals surface area contributed by atoms with E-state index in [2.05, 4.69) is 22.7 Å². The van der Waals surface area contributed by atoms with Gasteiger partial charge in [0.2, 0.25) is 0 Å². The molecule has 5 heteroatoms. The first-order valence-corrected chi connectivity index (χ1v) is 8.34. The van der Waals surface area contributed by atoms with Crippen LogP contribution in [0.4, 0.5) is 0 Å². The van der Waals surface area contributed by atoms with Crippen LogP contribution in [0.15, 0.2) is 82.5 Å². The van der Waals surface area contributed by atoms with Crippen molar-refractivity contribution in [3.63, 3.8) is 0 Å². The first-order valence-electron chi connectivity index (χ1n) is 8.34. The number of hydrogen-bond donors (Lipinski definition) is 1. The molecule has 1 aromatic heterocycles. The number of para-hydroxylation sites is 1. The summed E-state index contributed by atoms with van der Waals surface area (Å²) in [5, 5.41) is 4.01. The lowest BCUT2D eigenvalue weighted by Gasteiger charge is -2.11. The third kappa shape index (κ3) is 4.83. The Labute approximate surface area is 152 Å². The van der Waals surface area contributed by atoms with Gasteiger partial charge in [0, 0.05) is 6.42 Å². The minimum Gasteiger partial charge on any atom is -0.483 e. The van der Waals surface area contributed by atoms with Crippen LogP contribution in [0.5, 0.6) is 5.75 Å². The highest BCUT2D eigenvalue weighted by atomic mass is 16.5. The lowest BCUT2D eigenvalue weighted by atomic mass is 10.0. The molecule has 0 aliphatic rings. The predicted octanol–water partition coefficient (Wildman–Crippen LogP) is 3.79. The number of ether oxygens (including phenoxy) is 1. The normalized spacial score (nSPS) is 11.2. The van der Waals surface area contributed by atoms with E-state index < -0.39 is 0 Å². The SMILES string of the molecule is C/C(=N/NC(=O)COc1ccccc1Cc1ccccc1)c1ccco1. The molecule has 1 amide bonds. The Balaban J connectivity index is 1.57. The molecule has 0 fully saturated rings. The van der Waals surface area contributed by atoms with E-state index in [-0.39, 0.29) is 12.5 Å². The molecule has 0 atom stereocenters. The van der Waals surface area contributed by atoms with Crippen molar-refractivity contribution in [1.82, 2.24) is 5.43 Å². The molecule has 2 aromatic carbocycles. The van der Waals surface area contributed by atoms with E-state index in [0.717, 1.165) is 12.0 Å². The van der Waals surface area contributed by atoms with Crippen molar-refractivity contribution in [2.45, 2.75) is 13.3 Å². The smallest absolute Gasteiger partial charge is 0.277 e. The van der Waals surface area contributed by atoms with Crippen LogP contribution >= 0.6 is 0 Å². The molecule has 1 N–H and O–H groups in total. The molecule has 0 bridgehead atoms. The third-order valence-electron chi connectivity index (χ3n) is 3.79. The van der Waals surface area contributed by atoms with Crippen LogP contribution in [0.3, 0.4) is 0 Å². The predicted molar refractivity (Wildman–Crippen MR) is 100 cm³/mol. The summed E-state index contributed by atoms with van der Waals surface area (Å²) in [6, 6.07) is 21.4. The summed E-state index contributed by atoms with van der Waals surface area (Å²) in [6.07, 6.45) is 2.30. The van der Waals surface area contributed by atoms with Gasteiger partial charge in [-0.2, -0.15) is 5.10 Å². The zero-order valence-electron chi connectivity index (χ0n) is 14.5. The highest BCUT2D eigenvalue weighted by Gasteiger charge is 2.08. The Morgan fingerprint density at radius 3 is 2.58 bits per heavy atom. The van der Waals surface area contributed by atoms with E-state index in [9.17, 15) is 4.79 Å². The van der Waals surface area contributed by atoms with E-state index in [1.165, 1.54) is 5.56 Å². The lowest BCUT2D eigenvalue weighted by molar-refractivity contribution is -0.123. The first kappa shape index (κ1) is 17.5. The van der Waals surface area contributed by atoms with Gasteiger partial charge >= 0.3 is 0 Å². The fourth-order valence-corrected chi connectivity index (χ4v) is 2.47. The Hall–Kier alpha value is -3.34. The van der Waals surface area contributed by atoms with Gasteiger partial charge in [0.15, 0.2) is 6.61 Å². The molecule has 0 aliphatic carbocycles. The molecule has 0 saturated carbocycles. The zero-order valence-corrected chi connectivity index (χ0v) is 14.5. The van der Waals surface area contributed by atoms with Gasteiger partial charge in [-0.25, -0.2) is 5.43 Å². The third-order valence-corrected chi connectivity index (χ3v) is 3.79. The highest BCUT2D eigenvalue weighted by Crippen LogP contribution is 2.21. The van der Waals surface area contributed by atoms with Gasteiger partial charge < -0.3 is 9.15 Å². The van der Waals surface area contributed by atoms with Crippen molar-refractivity contribution in [3.05, 3.63) is 89.9 Å². The minimum atomic E-state index is -0.328. The average molecular weight is 348 g/mol. The number of hydrazone groups is 1. The fraction of sp³-hybridized carbons (Fsp3) is 0.143. The number of carbonyl (C=O) groups excluding carboxylic acids is 1. The van der Waals surface area contributed by atoms with E-state index in [0.29, 0.717) is 17.2 Å². The van der Waals surface area contributed by atoms with Gasteiger partial charge in [-0.05, 0) is 36.2 Å². The second kappa shape index (κ2) is 8.67. The van der Waals surface area contributed by atoms with Gasteiger partial charge in [-0.1, -0.05) is 48.5 Å². The Bertz CT molecular complexity index is 871. The minimum absolute atomic E-state index is 0.110. The monoisotopic (exact) mass is 348 g/mol. The standard InChI is InChI=1S/C21H20N2O3/c1-16(19-12-7-13-25-19)22-23-21(24)15-26-20-11-6-5-10-18(20)14-17-8-3-2-4-9-17/h2-13H,14-15H2,1H3,(H,23,24)/b22-16-. The fourth-order valence-electron chi connectivity index (χ4n) is 2.47. The van der Waals surface area contributed by atoms with Crippen molar-refractivity contribution in [1.29, 1.82) is 0 Å². The summed E-state index contributed by atoms with van der Waals surface area (Å²) in [4.78, 5) is 12.0. The zero-order chi connectivity index (χ0) is 18.2.